The summed E-state index contributed by atoms with van der Waals surface area (Å²) in [6, 6.07) is 15.1. The van der Waals surface area contributed by atoms with Crippen LogP contribution >= 0.6 is 11.8 Å². The lowest BCUT2D eigenvalue weighted by atomic mass is 10.1. The van der Waals surface area contributed by atoms with Gasteiger partial charge in [0.15, 0.2) is 6.10 Å². The molecule has 1 aliphatic rings. The highest BCUT2D eigenvalue weighted by molar-refractivity contribution is 7.99. The molecule has 2 N–H and O–H groups in total. The first kappa shape index (κ1) is 19.8. The number of carbonyl (C=O) groups excluding carboxylic acids is 2. The van der Waals surface area contributed by atoms with Gasteiger partial charge < -0.3 is 20.3 Å². The summed E-state index contributed by atoms with van der Waals surface area (Å²) in [6.45, 7) is 4.16. The topological polar surface area (TPSA) is 70.7 Å². The van der Waals surface area contributed by atoms with Crippen LogP contribution in [0, 0.1) is 0 Å². The minimum Gasteiger partial charge on any atom is -0.477 e. The molecule has 2 aromatic rings. The number of likely N-dealkylation sites (N-methyl/N-ethyl adjacent to an activating group) is 1. The molecule has 146 valence electrons. The predicted molar refractivity (Wildman–Crippen MR) is 113 cm³/mol. The molecule has 0 radical (unpaired) electrons. The summed E-state index contributed by atoms with van der Waals surface area (Å²) in [7, 11) is 1.57. The fraction of sp³-hybridized carbons (Fsp3) is 0.238. The van der Waals surface area contributed by atoms with Crippen LogP contribution < -0.4 is 20.3 Å². The molecule has 0 aromatic heterocycles. The van der Waals surface area contributed by atoms with Crippen molar-refractivity contribution in [1.29, 1.82) is 0 Å². The lowest BCUT2D eigenvalue weighted by Gasteiger charge is -2.35. The number of nitrogens with zero attached hydrogens (tertiary/aromatic N) is 1. The predicted octanol–water partition coefficient (Wildman–Crippen LogP) is 2.92. The number of hydrogen-bond acceptors (Lipinski definition) is 5. The normalized spacial score (nSPS) is 15.2. The minimum absolute atomic E-state index is 0.119. The first-order chi connectivity index (χ1) is 13.6. The summed E-state index contributed by atoms with van der Waals surface area (Å²) in [4.78, 5) is 27.7. The number of ether oxygens (including phenoxy) is 1. The molecule has 0 fully saturated rings. The van der Waals surface area contributed by atoms with Gasteiger partial charge in [-0.05, 0) is 24.3 Å². The Morgan fingerprint density at radius 2 is 2.00 bits per heavy atom. The second-order valence-electron chi connectivity index (χ2n) is 6.21. The van der Waals surface area contributed by atoms with Gasteiger partial charge in [0.2, 0.25) is 5.91 Å². The van der Waals surface area contributed by atoms with Crippen molar-refractivity contribution >= 4 is 35.0 Å². The summed E-state index contributed by atoms with van der Waals surface area (Å²) in [5.74, 6) is 0.986. The van der Waals surface area contributed by atoms with Crippen molar-refractivity contribution in [1.82, 2.24) is 5.32 Å². The number of hydrogen-bond donors (Lipinski definition) is 2. The van der Waals surface area contributed by atoms with Crippen LogP contribution in [0.25, 0.3) is 0 Å². The molecular weight excluding hydrogens is 374 g/mol. The number of nitrogens with one attached hydrogen (secondary N) is 2. The molecule has 0 spiro atoms. The fourth-order valence-electron chi connectivity index (χ4n) is 2.96. The van der Waals surface area contributed by atoms with Crippen LogP contribution in [0.3, 0.4) is 0 Å². The highest BCUT2D eigenvalue weighted by Crippen LogP contribution is 2.33. The monoisotopic (exact) mass is 397 g/mol. The molecule has 0 bridgehead atoms. The number of para-hydroxylation sites is 3. The Balaban J connectivity index is 1.74. The smallest absolute Gasteiger partial charge is 0.262 e. The van der Waals surface area contributed by atoms with Gasteiger partial charge in [0.05, 0.1) is 24.5 Å². The van der Waals surface area contributed by atoms with E-state index < -0.39 is 6.10 Å². The minimum atomic E-state index is -0.664. The Bertz CT molecular complexity index is 871. The zero-order chi connectivity index (χ0) is 19.9. The first-order valence-electron chi connectivity index (χ1n) is 8.97. The van der Waals surface area contributed by atoms with E-state index in [1.165, 1.54) is 0 Å². The Labute approximate surface area is 168 Å². The molecule has 0 aliphatic carbocycles. The maximum atomic E-state index is 12.7. The van der Waals surface area contributed by atoms with Crippen LogP contribution in [0.15, 0.2) is 66.1 Å². The van der Waals surface area contributed by atoms with Gasteiger partial charge in [-0.2, -0.15) is 0 Å². The zero-order valence-corrected chi connectivity index (χ0v) is 16.5. The van der Waals surface area contributed by atoms with Crippen molar-refractivity contribution in [2.45, 2.75) is 11.0 Å². The Kier molecular flexibility index (Phi) is 6.60. The molecule has 3 rings (SSSR count). The third-order valence-corrected chi connectivity index (χ3v) is 5.32. The second kappa shape index (κ2) is 9.32. The average Bonchev–Trinajstić information content (AvgIpc) is 2.72. The van der Waals surface area contributed by atoms with Crippen LogP contribution in [-0.4, -0.2) is 43.8 Å². The maximum Gasteiger partial charge on any atom is 0.262 e. The summed E-state index contributed by atoms with van der Waals surface area (Å²) >= 11 is 1.61. The second-order valence-corrected chi connectivity index (χ2v) is 7.27. The number of benzene rings is 2. The van der Waals surface area contributed by atoms with E-state index in [0.29, 0.717) is 12.3 Å². The summed E-state index contributed by atoms with van der Waals surface area (Å²) in [6.07, 6.45) is 1.16. The lowest BCUT2D eigenvalue weighted by Crippen LogP contribution is -2.50. The van der Waals surface area contributed by atoms with Gasteiger partial charge in [-0.25, -0.2) is 0 Å². The molecule has 1 aliphatic heterocycles. The molecule has 1 atom stereocenters. The van der Waals surface area contributed by atoms with Gasteiger partial charge in [-0.15, -0.1) is 18.3 Å². The third kappa shape index (κ3) is 4.67. The van der Waals surface area contributed by atoms with Gasteiger partial charge in [0.1, 0.15) is 5.75 Å². The molecule has 7 heteroatoms. The zero-order valence-electron chi connectivity index (χ0n) is 15.7. The number of rotatable bonds is 7. The van der Waals surface area contributed by atoms with Crippen molar-refractivity contribution < 1.29 is 14.3 Å². The SMILES string of the molecule is C=CCSc1ccccc1NC(=O)CN1C[C@@H](C(=O)NC)Oc2ccccc21. The van der Waals surface area contributed by atoms with Crippen LogP contribution in [0.1, 0.15) is 0 Å². The Morgan fingerprint density at radius 1 is 1.25 bits per heavy atom. The standard InChI is InChI=1S/C21H23N3O3S/c1-3-12-28-19-11-7-4-8-15(19)23-20(25)14-24-13-18(21(26)22-2)27-17-10-6-5-9-16(17)24/h3-11,18H,1,12-14H2,2H3,(H,22,26)(H,23,25)/t18-/m0/s1. The maximum absolute atomic E-state index is 12.7. The van der Waals surface area contributed by atoms with Gasteiger partial charge >= 0.3 is 0 Å². The molecule has 6 nitrogen and oxygen atoms in total. The van der Waals surface area contributed by atoms with Gasteiger partial charge in [0, 0.05) is 17.7 Å². The molecule has 1 heterocycles. The largest absolute Gasteiger partial charge is 0.477 e. The fourth-order valence-corrected chi connectivity index (χ4v) is 3.71. The molecule has 0 saturated carbocycles. The van der Waals surface area contributed by atoms with Gasteiger partial charge in [-0.3, -0.25) is 9.59 Å². The number of thioether (sulfide) groups is 1. The van der Waals surface area contributed by atoms with Crippen molar-refractivity contribution in [3.05, 3.63) is 61.2 Å². The van der Waals surface area contributed by atoms with E-state index in [4.69, 9.17) is 4.74 Å². The van der Waals surface area contributed by atoms with E-state index in [2.05, 4.69) is 17.2 Å². The van der Waals surface area contributed by atoms with E-state index in [-0.39, 0.29) is 18.4 Å². The first-order valence-corrected chi connectivity index (χ1v) is 9.95. The van der Waals surface area contributed by atoms with E-state index in [9.17, 15) is 9.59 Å². The Morgan fingerprint density at radius 3 is 2.79 bits per heavy atom. The Hall–Kier alpha value is -2.93. The van der Waals surface area contributed by atoms with Gasteiger partial charge in [-0.1, -0.05) is 30.3 Å². The van der Waals surface area contributed by atoms with Crippen LogP contribution in [0.5, 0.6) is 5.75 Å². The lowest BCUT2D eigenvalue weighted by molar-refractivity contribution is -0.127. The molecule has 28 heavy (non-hydrogen) atoms. The molecule has 2 amide bonds. The highest BCUT2D eigenvalue weighted by Gasteiger charge is 2.31. The third-order valence-electron chi connectivity index (χ3n) is 4.25. The van der Waals surface area contributed by atoms with Crippen molar-refractivity contribution in [2.24, 2.45) is 0 Å². The van der Waals surface area contributed by atoms with Gasteiger partial charge in [0.25, 0.3) is 5.91 Å². The van der Waals surface area contributed by atoms with Crippen LogP contribution in [0.2, 0.25) is 0 Å². The van der Waals surface area contributed by atoms with Crippen molar-refractivity contribution in [2.75, 3.05) is 36.1 Å². The molecular formula is C21H23N3O3S. The van der Waals surface area contributed by atoms with E-state index in [1.807, 2.05) is 53.4 Å². The molecule has 2 aromatic carbocycles. The summed E-state index contributed by atoms with van der Waals surface area (Å²) < 4.78 is 5.78. The average molecular weight is 398 g/mol. The van der Waals surface area contributed by atoms with E-state index >= 15 is 0 Å². The number of fused-ring (bicyclic) bond motifs is 1. The van der Waals surface area contributed by atoms with Crippen molar-refractivity contribution in [3.8, 4) is 5.75 Å². The van der Waals surface area contributed by atoms with E-state index in [0.717, 1.165) is 22.0 Å². The number of carbonyl (C=O) groups is 2. The summed E-state index contributed by atoms with van der Waals surface area (Å²) in [5, 5.41) is 5.58. The summed E-state index contributed by atoms with van der Waals surface area (Å²) in [5.41, 5.74) is 1.57. The van der Waals surface area contributed by atoms with Crippen LogP contribution in [-0.2, 0) is 9.59 Å². The molecule has 0 unspecified atom stereocenters. The highest BCUT2D eigenvalue weighted by atomic mass is 32.2. The van der Waals surface area contributed by atoms with E-state index in [1.54, 1.807) is 24.9 Å². The quantitative estimate of drug-likeness (QED) is 0.555. The van der Waals surface area contributed by atoms with Crippen molar-refractivity contribution in [3.63, 3.8) is 0 Å². The number of amides is 2. The molecule has 0 saturated heterocycles. The van der Waals surface area contributed by atoms with Crippen LogP contribution in [0.4, 0.5) is 11.4 Å². The number of anilines is 2.